The molecule has 0 aliphatic carbocycles. The third-order valence-corrected chi connectivity index (χ3v) is 4.94. The number of carbonyl (C=O) groups excluding carboxylic acids is 1. The highest BCUT2D eigenvalue weighted by Gasteiger charge is 2.34. The van der Waals surface area contributed by atoms with E-state index >= 15 is 0 Å². The molecule has 5 heteroatoms. The summed E-state index contributed by atoms with van der Waals surface area (Å²) in [4.78, 5) is 16.6. The van der Waals surface area contributed by atoms with Crippen molar-refractivity contribution in [3.8, 4) is 0 Å². The maximum atomic E-state index is 12.2. The first kappa shape index (κ1) is 16.7. The van der Waals surface area contributed by atoms with E-state index in [4.69, 9.17) is 4.74 Å². The summed E-state index contributed by atoms with van der Waals surface area (Å²) in [6.07, 6.45) is 2.23. The fourth-order valence-electron chi connectivity index (χ4n) is 2.89. The maximum Gasteiger partial charge on any atom is 0.248 e. The first-order valence-electron chi connectivity index (χ1n) is 8.22. The van der Waals surface area contributed by atoms with Crippen molar-refractivity contribution in [1.82, 2.24) is 15.1 Å². The van der Waals surface area contributed by atoms with Gasteiger partial charge in [0.15, 0.2) is 0 Å². The average Bonchev–Trinajstić information content (AvgIpc) is 2.43. The van der Waals surface area contributed by atoms with E-state index in [2.05, 4.69) is 38.0 Å². The van der Waals surface area contributed by atoms with Gasteiger partial charge in [0.25, 0.3) is 0 Å². The zero-order valence-electron chi connectivity index (χ0n) is 14.0. The number of carbonyl (C=O) groups is 1. The molecule has 2 rings (SSSR count). The Morgan fingerprint density at radius 3 is 2.48 bits per heavy atom. The minimum atomic E-state index is -0.131. The van der Waals surface area contributed by atoms with Crippen molar-refractivity contribution in [1.29, 1.82) is 0 Å². The Morgan fingerprint density at radius 1 is 1.38 bits per heavy atom. The number of ether oxygens (including phenoxy) is 1. The van der Waals surface area contributed by atoms with Gasteiger partial charge in [0.05, 0.1) is 5.60 Å². The van der Waals surface area contributed by atoms with Crippen LogP contribution in [0, 0.1) is 5.92 Å². The van der Waals surface area contributed by atoms with Crippen molar-refractivity contribution in [3.63, 3.8) is 0 Å². The van der Waals surface area contributed by atoms with Crippen molar-refractivity contribution >= 4 is 5.91 Å². The van der Waals surface area contributed by atoms with Gasteiger partial charge in [-0.2, -0.15) is 0 Å². The van der Waals surface area contributed by atoms with Crippen LogP contribution in [0.15, 0.2) is 0 Å². The molecule has 2 saturated heterocycles. The molecule has 0 saturated carbocycles. The summed E-state index contributed by atoms with van der Waals surface area (Å²) in [7, 11) is 2.18. The maximum absolute atomic E-state index is 12.2. The molecule has 2 aliphatic rings. The van der Waals surface area contributed by atoms with Crippen LogP contribution in [0.25, 0.3) is 0 Å². The normalized spacial score (nSPS) is 22.7. The van der Waals surface area contributed by atoms with Crippen molar-refractivity contribution in [2.24, 2.45) is 5.92 Å². The molecule has 0 spiro atoms. The van der Waals surface area contributed by atoms with Gasteiger partial charge >= 0.3 is 0 Å². The molecule has 1 amide bonds. The first-order chi connectivity index (χ1) is 9.89. The fourth-order valence-corrected chi connectivity index (χ4v) is 2.89. The second-order valence-electron chi connectivity index (χ2n) is 7.20. The lowest BCUT2D eigenvalue weighted by Gasteiger charge is -2.40. The van der Waals surface area contributed by atoms with Crippen LogP contribution in [-0.2, 0) is 9.53 Å². The van der Waals surface area contributed by atoms with E-state index in [-0.39, 0.29) is 18.1 Å². The van der Waals surface area contributed by atoms with E-state index in [1.807, 2.05) is 4.90 Å². The predicted octanol–water partition coefficient (Wildman–Crippen LogP) is 0.944. The van der Waals surface area contributed by atoms with Crippen LogP contribution < -0.4 is 5.32 Å². The Morgan fingerprint density at radius 2 is 2.00 bits per heavy atom. The molecule has 0 aromatic rings. The number of likely N-dealkylation sites (tertiary alicyclic amines) is 1. The molecular formula is C16H31N3O2. The number of nitrogens with zero attached hydrogens (tertiary/aromatic N) is 2. The highest BCUT2D eigenvalue weighted by molar-refractivity contribution is 5.77. The lowest BCUT2D eigenvalue weighted by molar-refractivity contribution is -0.147. The summed E-state index contributed by atoms with van der Waals surface area (Å²) < 4.78 is 5.74. The largest absolute Gasteiger partial charge is 0.363 e. The molecule has 0 aromatic carbocycles. The highest BCUT2D eigenvalue weighted by atomic mass is 16.5. The SMILES string of the molecule is CC(C)N(C)CC1CCN(C(=O)COC2(C)CNC2)CC1. The van der Waals surface area contributed by atoms with Crippen LogP contribution in [-0.4, -0.2) is 73.7 Å². The van der Waals surface area contributed by atoms with Crippen LogP contribution in [0.5, 0.6) is 0 Å². The van der Waals surface area contributed by atoms with Crippen LogP contribution in [0.4, 0.5) is 0 Å². The molecule has 2 heterocycles. The summed E-state index contributed by atoms with van der Waals surface area (Å²) >= 11 is 0. The number of hydrogen-bond donors (Lipinski definition) is 1. The molecule has 0 atom stereocenters. The zero-order valence-corrected chi connectivity index (χ0v) is 14.0. The Bertz CT molecular complexity index is 347. The van der Waals surface area contributed by atoms with Gasteiger partial charge < -0.3 is 19.9 Å². The number of nitrogens with one attached hydrogen (secondary N) is 1. The molecule has 2 aliphatic heterocycles. The number of hydrogen-bond acceptors (Lipinski definition) is 4. The lowest BCUT2D eigenvalue weighted by Crippen LogP contribution is -2.59. The fraction of sp³-hybridized carbons (Fsp3) is 0.938. The van der Waals surface area contributed by atoms with E-state index in [9.17, 15) is 4.79 Å². The van der Waals surface area contributed by atoms with Crippen molar-refractivity contribution in [2.45, 2.75) is 45.3 Å². The van der Waals surface area contributed by atoms with Gasteiger partial charge in [0, 0.05) is 38.8 Å². The van der Waals surface area contributed by atoms with Gasteiger partial charge in [-0.05, 0) is 46.6 Å². The summed E-state index contributed by atoms with van der Waals surface area (Å²) in [6, 6.07) is 0.592. The van der Waals surface area contributed by atoms with Crippen molar-refractivity contribution in [2.75, 3.05) is 46.4 Å². The summed E-state index contributed by atoms with van der Waals surface area (Å²) in [6.45, 7) is 11.4. The number of rotatable bonds is 6. The van der Waals surface area contributed by atoms with Gasteiger partial charge in [-0.15, -0.1) is 0 Å². The first-order valence-corrected chi connectivity index (χ1v) is 8.22. The smallest absolute Gasteiger partial charge is 0.248 e. The van der Waals surface area contributed by atoms with Gasteiger partial charge in [0.2, 0.25) is 5.91 Å². The molecule has 0 aromatic heterocycles. The van der Waals surface area contributed by atoms with Gasteiger partial charge in [-0.25, -0.2) is 0 Å². The molecular weight excluding hydrogens is 266 g/mol. The topological polar surface area (TPSA) is 44.8 Å². The molecule has 5 nitrogen and oxygen atoms in total. The van der Waals surface area contributed by atoms with E-state index in [1.54, 1.807) is 0 Å². The molecule has 122 valence electrons. The molecule has 0 unspecified atom stereocenters. The minimum absolute atomic E-state index is 0.131. The predicted molar refractivity (Wildman–Crippen MR) is 84.3 cm³/mol. The van der Waals surface area contributed by atoms with Crippen LogP contribution in [0.3, 0.4) is 0 Å². The molecule has 0 bridgehead atoms. The van der Waals surface area contributed by atoms with Crippen LogP contribution >= 0.6 is 0 Å². The molecule has 21 heavy (non-hydrogen) atoms. The second-order valence-corrected chi connectivity index (χ2v) is 7.20. The van der Waals surface area contributed by atoms with Gasteiger partial charge in [-0.1, -0.05) is 0 Å². The third-order valence-electron chi connectivity index (χ3n) is 4.94. The van der Waals surface area contributed by atoms with E-state index < -0.39 is 0 Å². The van der Waals surface area contributed by atoms with Crippen LogP contribution in [0.2, 0.25) is 0 Å². The van der Waals surface area contributed by atoms with Gasteiger partial charge in [0.1, 0.15) is 6.61 Å². The number of amides is 1. The monoisotopic (exact) mass is 297 g/mol. The minimum Gasteiger partial charge on any atom is -0.363 e. The highest BCUT2D eigenvalue weighted by Crippen LogP contribution is 2.20. The van der Waals surface area contributed by atoms with Crippen molar-refractivity contribution < 1.29 is 9.53 Å². The van der Waals surface area contributed by atoms with Crippen LogP contribution in [0.1, 0.15) is 33.6 Å². The summed E-state index contributed by atoms with van der Waals surface area (Å²) in [5.74, 6) is 0.870. The number of piperidine rings is 1. The average molecular weight is 297 g/mol. The van der Waals surface area contributed by atoms with E-state index in [0.29, 0.717) is 6.04 Å². The third kappa shape index (κ3) is 4.66. The molecule has 2 fully saturated rings. The summed E-state index contributed by atoms with van der Waals surface area (Å²) in [5, 5.41) is 3.18. The Kier molecular flexibility index (Phi) is 5.63. The zero-order chi connectivity index (χ0) is 15.5. The Balaban J connectivity index is 1.67. The van der Waals surface area contributed by atoms with E-state index in [0.717, 1.165) is 51.5 Å². The van der Waals surface area contributed by atoms with E-state index in [1.165, 1.54) is 0 Å². The Hall–Kier alpha value is -0.650. The summed E-state index contributed by atoms with van der Waals surface area (Å²) in [5.41, 5.74) is -0.131. The molecule has 1 N–H and O–H groups in total. The van der Waals surface area contributed by atoms with Gasteiger partial charge in [-0.3, -0.25) is 4.79 Å². The second kappa shape index (κ2) is 7.07. The molecule has 0 radical (unpaired) electrons. The lowest BCUT2D eigenvalue weighted by atomic mass is 9.96. The van der Waals surface area contributed by atoms with Crippen molar-refractivity contribution in [3.05, 3.63) is 0 Å². The standard InChI is InChI=1S/C16H31N3O2/c1-13(2)18(4)9-14-5-7-19(8-6-14)15(20)10-21-16(3)11-17-12-16/h13-14,17H,5-12H2,1-4H3. The Labute approximate surface area is 129 Å². The quantitative estimate of drug-likeness (QED) is 0.793.